The lowest BCUT2D eigenvalue weighted by molar-refractivity contribution is 0.0945. The van der Waals surface area contributed by atoms with Gasteiger partial charge in [0.1, 0.15) is 0 Å². The highest BCUT2D eigenvalue weighted by molar-refractivity contribution is 5.95. The number of nitrogens with two attached hydrogens (primary N) is 1. The molecule has 0 atom stereocenters. The lowest BCUT2D eigenvalue weighted by atomic mass is 10.1. The zero-order valence-corrected chi connectivity index (χ0v) is 9.59. The Morgan fingerprint density at radius 2 is 2.00 bits per heavy atom. The second kappa shape index (κ2) is 7.02. The minimum absolute atomic E-state index is 0.102. The molecule has 3 amide bonds. The van der Waals surface area contributed by atoms with E-state index < -0.39 is 6.03 Å². The molecular formula is C11H14N4O3. The van der Waals surface area contributed by atoms with Crippen LogP contribution in [0.1, 0.15) is 15.9 Å². The summed E-state index contributed by atoms with van der Waals surface area (Å²) in [5.41, 5.74) is 8.08. The Morgan fingerprint density at radius 3 is 2.56 bits per heavy atom. The Balaban J connectivity index is 2.59. The molecular weight excluding hydrogens is 236 g/mol. The first kappa shape index (κ1) is 13.7. The number of aliphatic hydroxyl groups is 1. The van der Waals surface area contributed by atoms with Crippen molar-refractivity contribution in [3.8, 4) is 0 Å². The lowest BCUT2D eigenvalue weighted by Gasteiger charge is -2.03. The van der Waals surface area contributed by atoms with E-state index in [9.17, 15) is 9.59 Å². The Morgan fingerprint density at radius 1 is 1.33 bits per heavy atom. The second-order valence-electron chi connectivity index (χ2n) is 3.34. The summed E-state index contributed by atoms with van der Waals surface area (Å²) in [5, 5.41) is 14.7. The van der Waals surface area contributed by atoms with E-state index in [1.165, 1.54) is 6.21 Å². The van der Waals surface area contributed by atoms with Gasteiger partial charge in [0.2, 0.25) is 0 Å². The van der Waals surface area contributed by atoms with E-state index in [2.05, 4.69) is 15.8 Å². The van der Waals surface area contributed by atoms with Crippen LogP contribution in [0.3, 0.4) is 0 Å². The zero-order chi connectivity index (χ0) is 13.4. The van der Waals surface area contributed by atoms with Crippen molar-refractivity contribution in [3.63, 3.8) is 0 Å². The molecule has 7 nitrogen and oxygen atoms in total. The largest absolute Gasteiger partial charge is 0.395 e. The normalized spacial score (nSPS) is 10.3. The van der Waals surface area contributed by atoms with Crippen LogP contribution in [0, 0.1) is 0 Å². The van der Waals surface area contributed by atoms with Gasteiger partial charge in [-0.15, -0.1) is 0 Å². The molecule has 0 heterocycles. The summed E-state index contributed by atoms with van der Waals surface area (Å²) in [6, 6.07) is 5.81. The standard InChI is InChI=1S/C11H14N4O3/c12-11(18)15-14-7-8-1-3-9(4-2-8)10(17)13-5-6-16/h1-4,7,16H,5-6H2,(H,13,17)(H3,12,15,18). The maximum absolute atomic E-state index is 11.5. The van der Waals surface area contributed by atoms with Crippen molar-refractivity contribution in [1.29, 1.82) is 0 Å². The smallest absolute Gasteiger partial charge is 0.332 e. The maximum atomic E-state index is 11.5. The van der Waals surface area contributed by atoms with Crippen molar-refractivity contribution >= 4 is 18.2 Å². The lowest BCUT2D eigenvalue weighted by Crippen LogP contribution is -2.26. The maximum Gasteiger partial charge on any atom is 0.332 e. The number of hydrogen-bond acceptors (Lipinski definition) is 4. The van der Waals surface area contributed by atoms with E-state index in [4.69, 9.17) is 10.8 Å². The van der Waals surface area contributed by atoms with E-state index in [0.29, 0.717) is 11.1 Å². The molecule has 0 spiro atoms. The van der Waals surface area contributed by atoms with Gasteiger partial charge in [-0.25, -0.2) is 10.2 Å². The predicted octanol–water partition coefficient (Wildman–Crippen LogP) is -0.589. The minimum Gasteiger partial charge on any atom is -0.395 e. The van der Waals surface area contributed by atoms with Crippen LogP contribution in [0.25, 0.3) is 0 Å². The Hall–Kier alpha value is -2.41. The molecule has 0 aromatic heterocycles. The second-order valence-corrected chi connectivity index (χ2v) is 3.34. The molecule has 1 rings (SSSR count). The fourth-order valence-corrected chi connectivity index (χ4v) is 1.16. The first-order valence-corrected chi connectivity index (χ1v) is 5.21. The van der Waals surface area contributed by atoms with Crippen LogP contribution in [0.15, 0.2) is 29.4 Å². The van der Waals surface area contributed by atoms with Gasteiger partial charge in [-0.3, -0.25) is 4.79 Å². The van der Waals surface area contributed by atoms with Crippen molar-refractivity contribution in [2.45, 2.75) is 0 Å². The number of hydrazone groups is 1. The molecule has 1 aromatic carbocycles. The summed E-state index contributed by atoms with van der Waals surface area (Å²) in [6.45, 7) is 0.111. The van der Waals surface area contributed by atoms with Crippen molar-refractivity contribution in [1.82, 2.24) is 10.7 Å². The van der Waals surface area contributed by atoms with Crippen LogP contribution < -0.4 is 16.5 Å². The van der Waals surface area contributed by atoms with Crippen molar-refractivity contribution < 1.29 is 14.7 Å². The third kappa shape index (κ3) is 4.62. The predicted molar refractivity (Wildman–Crippen MR) is 66.2 cm³/mol. The SMILES string of the molecule is NC(=O)NN=Cc1ccc(C(=O)NCCO)cc1. The van der Waals surface area contributed by atoms with Gasteiger partial charge in [-0.2, -0.15) is 5.10 Å². The van der Waals surface area contributed by atoms with Gasteiger partial charge in [0.15, 0.2) is 0 Å². The first-order valence-electron chi connectivity index (χ1n) is 5.21. The Bertz CT molecular complexity index is 442. The summed E-state index contributed by atoms with van der Waals surface area (Å²) in [4.78, 5) is 21.8. The van der Waals surface area contributed by atoms with Crippen molar-refractivity contribution in [2.75, 3.05) is 13.2 Å². The van der Waals surface area contributed by atoms with Crippen LogP contribution in [0.2, 0.25) is 0 Å². The molecule has 0 bridgehead atoms. The van der Waals surface area contributed by atoms with E-state index >= 15 is 0 Å². The third-order valence-electron chi connectivity index (χ3n) is 1.96. The highest BCUT2D eigenvalue weighted by Crippen LogP contribution is 2.02. The molecule has 0 radical (unpaired) electrons. The summed E-state index contributed by atoms with van der Waals surface area (Å²) >= 11 is 0. The third-order valence-corrected chi connectivity index (χ3v) is 1.96. The minimum atomic E-state index is -0.744. The quantitative estimate of drug-likeness (QED) is 0.413. The number of amides is 3. The van der Waals surface area contributed by atoms with Crippen molar-refractivity contribution in [2.24, 2.45) is 10.8 Å². The molecule has 0 saturated carbocycles. The fraction of sp³-hybridized carbons (Fsp3) is 0.182. The summed E-state index contributed by atoms with van der Waals surface area (Å²) in [5.74, 6) is -0.261. The average Bonchev–Trinajstić information content (AvgIpc) is 2.36. The van der Waals surface area contributed by atoms with E-state index in [0.717, 1.165) is 0 Å². The van der Waals surface area contributed by atoms with Gasteiger partial charge in [0.05, 0.1) is 12.8 Å². The summed E-state index contributed by atoms with van der Waals surface area (Å²) in [6.07, 6.45) is 1.40. The van der Waals surface area contributed by atoms with Crippen LogP contribution in [0.5, 0.6) is 0 Å². The molecule has 1 aromatic rings. The van der Waals surface area contributed by atoms with Gasteiger partial charge in [-0.05, 0) is 17.7 Å². The molecule has 7 heteroatoms. The molecule has 0 saturated heterocycles. The molecule has 18 heavy (non-hydrogen) atoms. The number of hydrogen-bond donors (Lipinski definition) is 4. The molecule has 96 valence electrons. The highest BCUT2D eigenvalue weighted by atomic mass is 16.3. The fourth-order valence-electron chi connectivity index (χ4n) is 1.16. The van der Waals surface area contributed by atoms with Crippen LogP contribution in [0.4, 0.5) is 4.79 Å². The number of nitrogens with one attached hydrogen (secondary N) is 2. The number of nitrogens with zero attached hydrogens (tertiary/aromatic N) is 1. The molecule has 0 aliphatic rings. The number of aliphatic hydroxyl groups excluding tert-OH is 1. The Kier molecular flexibility index (Phi) is 5.33. The molecule has 0 fully saturated rings. The monoisotopic (exact) mass is 250 g/mol. The summed E-state index contributed by atoms with van der Waals surface area (Å²) in [7, 11) is 0. The van der Waals surface area contributed by atoms with E-state index in [1.807, 2.05) is 0 Å². The number of carbonyl (C=O) groups excluding carboxylic acids is 2. The van der Waals surface area contributed by atoms with Crippen LogP contribution in [-0.4, -0.2) is 36.4 Å². The summed E-state index contributed by atoms with van der Waals surface area (Å²) < 4.78 is 0. The van der Waals surface area contributed by atoms with Gasteiger partial charge >= 0.3 is 6.03 Å². The van der Waals surface area contributed by atoms with E-state index in [1.54, 1.807) is 24.3 Å². The number of benzene rings is 1. The zero-order valence-electron chi connectivity index (χ0n) is 9.59. The number of rotatable bonds is 5. The topological polar surface area (TPSA) is 117 Å². The van der Waals surface area contributed by atoms with E-state index in [-0.39, 0.29) is 19.1 Å². The molecule has 0 aliphatic carbocycles. The number of carbonyl (C=O) groups is 2. The van der Waals surface area contributed by atoms with Gasteiger partial charge in [0.25, 0.3) is 5.91 Å². The van der Waals surface area contributed by atoms with Crippen molar-refractivity contribution in [3.05, 3.63) is 35.4 Å². The van der Waals surface area contributed by atoms with Crippen LogP contribution in [-0.2, 0) is 0 Å². The molecule has 0 aliphatic heterocycles. The Labute approximate surface area is 104 Å². The number of urea groups is 1. The van der Waals surface area contributed by atoms with Gasteiger partial charge in [-0.1, -0.05) is 12.1 Å². The highest BCUT2D eigenvalue weighted by Gasteiger charge is 2.03. The molecule has 5 N–H and O–H groups in total. The first-order chi connectivity index (χ1) is 8.63. The number of primary amides is 1. The van der Waals surface area contributed by atoms with Gasteiger partial charge < -0.3 is 16.2 Å². The molecule has 0 unspecified atom stereocenters. The van der Waals surface area contributed by atoms with Gasteiger partial charge in [0, 0.05) is 12.1 Å². The van der Waals surface area contributed by atoms with Crippen LogP contribution >= 0.6 is 0 Å². The average molecular weight is 250 g/mol.